The van der Waals surface area contributed by atoms with Crippen molar-refractivity contribution < 1.29 is 4.79 Å². The minimum atomic E-state index is 0.0398. The molecular weight excluding hydrogens is 368 g/mol. The van der Waals surface area contributed by atoms with Gasteiger partial charge >= 0.3 is 0 Å². The van der Waals surface area contributed by atoms with Crippen molar-refractivity contribution in [1.29, 1.82) is 0 Å². The number of carbonyl (C=O) groups excluding carboxylic acids is 1. The van der Waals surface area contributed by atoms with E-state index in [1.165, 1.54) is 0 Å². The number of hydrogen-bond donors (Lipinski definition) is 0. The van der Waals surface area contributed by atoms with E-state index in [1.54, 1.807) is 10.9 Å². The molecule has 3 aromatic rings. The van der Waals surface area contributed by atoms with E-state index in [2.05, 4.69) is 34.0 Å². The normalized spacial score (nSPS) is 21.7. The van der Waals surface area contributed by atoms with Crippen LogP contribution in [0.15, 0.2) is 30.6 Å². The first-order valence-corrected chi connectivity index (χ1v) is 10.4. The predicted octanol–water partition coefficient (Wildman–Crippen LogP) is 1.50. The topological polar surface area (TPSA) is 84.5 Å². The molecule has 2 aliphatic rings. The lowest BCUT2D eigenvalue weighted by Gasteiger charge is -2.34. The van der Waals surface area contributed by atoms with Crippen molar-refractivity contribution in [2.75, 3.05) is 19.6 Å². The Morgan fingerprint density at radius 2 is 1.90 bits per heavy atom. The molecule has 0 aromatic carbocycles. The highest BCUT2D eigenvalue weighted by atomic mass is 16.2. The number of fused-ring (bicyclic) bond motifs is 1. The van der Waals surface area contributed by atoms with Crippen LogP contribution in [0.5, 0.6) is 0 Å². The lowest BCUT2D eigenvalue weighted by atomic mass is 9.94. The van der Waals surface area contributed by atoms with Gasteiger partial charge in [0.15, 0.2) is 17.3 Å². The molecule has 5 heterocycles. The van der Waals surface area contributed by atoms with Crippen LogP contribution in [0.25, 0.3) is 11.5 Å². The molecule has 9 nitrogen and oxygen atoms in total. The van der Waals surface area contributed by atoms with Gasteiger partial charge in [-0.25, -0.2) is 4.68 Å². The van der Waals surface area contributed by atoms with Crippen molar-refractivity contribution in [2.45, 2.75) is 51.1 Å². The fourth-order valence-corrected chi connectivity index (χ4v) is 4.58. The highest BCUT2D eigenvalue weighted by Crippen LogP contribution is 2.30. The van der Waals surface area contributed by atoms with Gasteiger partial charge in [0, 0.05) is 30.9 Å². The Hall–Kier alpha value is -2.81. The maximum Gasteiger partial charge on any atom is 0.240 e. The molecule has 2 fully saturated rings. The zero-order valence-corrected chi connectivity index (χ0v) is 16.8. The molecule has 1 amide bonds. The first kappa shape index (κ1) is 18.2. The third-order valence-electron chi connectivity index (χ3n) is 6.18. The minimum absolute atomic E-state index is 0.0398. The van der Waals surface area contributed by atoms with Crippen molar-refractivity contribution in [2.24, 2.45) is 0 Å². The van der Waals surface area contributed by atoms with E-state index in [1.807, 2.05) is 33.8 Å². The summed E-state index contributed by atoms with van der Waals surface area (Å²) >= 11 is 0. The number of nitrogens with zero attached hydrogens (tertiary/aromatic N) is 8. The van der Waals surface area contributed by atoms with Crippen molar-refractivity contribution in [1.82, 2.24) is 39.4 Å². The SMILES string of the molecule is CC(C)N1CCC(N2CCC(c3nnc4ccc(-n5cccn5)nn34)CC2)C1=O. The number of carbonyl (C=O) groups is 1. The Morgan fingerprint density at radius 3 is 2.59 bits per heavy atom. The quantitative estimate of drug-likeness (QED) is 0.667. The van der Waals surface area contributed by atoms with Crippen LogP contribution in [0, 0.1) is 0 Å². The molecule has 2 aliphatic heterocycles. The van der Waals surface area contributed by atoms with Gasteiger partial charge in [0.2, 0.25) is 5.91 Å². The summed E-state index contributed by atoms with van der Waals surface area (Å²) in [5, 5.41) is 17.7. The van der Waals surface area contributed by atoms with E-state index in [0.29, 0.717) is 5.92 Å². The third-order valence-corrected chi connectivity index (χ3v) is 6.18. The first-order valence-electron chi connectivity index (χ1n) is 10.4. The fourth-order valence-electron chi connectivity index (χ4n) is 4.58. The number of likely N-dealkylation sites (tertiary alicyclic amines) is 2. The average Bonchev–Trinajstić information content (AvgIpc) is 3.47. The Morgan fingerprint density at radius 1 is 1.07 bits per heavy atom. The standard InChI is InChI=1S/C20H26N8O/c1-14(2)26-13-8-16(20(26)29)25-11-6-15(7-12-25)19-23-22-17-4-5-18(24-28(17)19)27-10-3-9-21-27/h3-5,9-10,14-16H,6-8,11-13H2,1-2H3. The van der Waals surface area contributed by atoms with Gasteiger partial charge in [-0.3, -0.25) is 9.69 Å². The fraction of sp³-hybridized carbons (Fsp3) is 0.550. The highest BCUT2D eigenvalue weighted by molar-refractivity contribution is 5.84. The number of aromatic nitrogens is 6. The Kier molecular flexibility index (Phi) is 4.54. The van der Waals surface area contributed by atoms with Crippen molar-refractivity contribution in [3.8, 4) is 5.82 Å². The number of piperidine rings is 1. The molecule has 152 valence electrons. The third kappa shape index (κ3) is 3.19. The summed E-state index contributed by atoms with van der Waals surface area (Å²) < 4.78 is 3.58. The van der Waals surface area contributed by atoms with E-state index in [4.69, 9.17) is 5.10 Å². The van der Waals surface area contributed by atoms with Crippen LogP contribution in [0.2, 0.25) is 0 Å². The van der Waals surface area contributed by atoms with Crippen molar-refractivity contribution in [3.63, 3.8) is 0 Å². The molecule has 3 aromatic heterocycles. The molecule has 2 saturated heterocycles. The molecule has 0 N–H and O–H groups in total. The average molecular weight is 394 g/mol. The molecule has 29 heavy (non-hydrogen) atoms. The molecule has 1 atom stereocenters. The second-order valence-corrected chi connectivity index (χ2v) is 8.21. The molecule has 0 saturated carbocycles. The van der Waals surface area contributed by atoms with Crippen LogP contribution in [0.1, 0.15) is 44.9 Å². The summed E-state index contributed by atoms with van der Waals surface area (Å²) in [6.07, 6.45) is 6.46. The Balaban J connectivity index is 1.32. The van der Waals surface area contributed by atoms with Crippen LogP contribution < -0.4 is 0 Å². The minimum Gasteiger partial charge on any atom is -0.339 e. The monoisotopic (exact) mass is 394 g/mol. The van der Waals surface area contributed by atoms with E-state index in [0.717, 1.165) is 56.2 Å². The van der Waals surface area contributed by atoms with Crippen LogP contribution in [-0.4, -0.2) is 77.0 Å². The molecule has 0 aliphatic carbocycles. The first-order chi connectivity index (χ1) is 14.1. The van der Waals surface area contributed by atoms with Gasteiger partial charge in [0.1, 0.15) is 0 Å². The van der Waals surface area contributed by atoms with Gasteiger partial charge in [-0.15, -0.1) is 15.3 Å². The van der Waals surface area contributed by atoms with Gasteiger partial charge < -0.3 is 4.90 Å². The number of hydrogen-bond acceptors (Lipinski definition) is 6. The number of amides is 1. The van der Waals surface area contributed by atoms with Crippen LogP contribution in [0.3, 0.4) is 0 Å². The molecule has 1 unspecified atom stereocenters. The second kappa shape index (κ2) is 7.22. The summed E-state index contributed by atoms with van der Waals surface area (Å²) in [5.74, 6) is 2.22. The van der Waals surface area contributed by atoms with E-state index < -0.39 is 0 Å². The van der Waals surface area contributed by atoms with Crippen LogP contribution in [0.4, 0.5) is 0 Å². The molecule has 5 rings (SSSR count). The molecular formula is C20H26N8O. The second-order valence-electron chi connectivity index (χ2n) is 8.21. The van der Waals surface area contributed by atoms with Gasteiger partial charge in [-0.2, -0.15) is 9.61 Å². The summed E-state index contributed by atoms with van der Waals surface area (Å²) in [5.41, 5.74) is 0.747. The Labute approximate surface area is 169 Å². The lowest BCUT2D eigenvalue weighted by Crippen LogP contribution is -2.46. The molecule has 0 radical (unpaired) electrons. The summed E-state index contributed by atoms with van der Waals surface area (Å²) in [7, 11) is 0. The maximum absolute atomic E-state index is 12.7. The maximum atomic E-state index is 12.7. The lowest BCUT2D eigenvalue weighted by molar-refractivity contribution is -0.133. The van der Waals surface area contributed by atoms with Gasteiger partial charge in [0.25, 0.3) is 0 Å². The summed E-state index contributed by atoms with van der Waals surface area (Å²) in [6.45, 7) is 6.86. The largest absolute Gasteiger partial charge is 0.339 e. The van der Waals surface area contributed by atoms with Crippen molar-refractivity contribution >= 4 is 11.6 Å². The van der Waals surface area contributed by atoms with E-state index in [-0.39, 0.29) is 18.0 Å². The van der Waals surface area contributed by atoms with E-state index in [9.17, 15) is 4.79 Å². The van der Waals surface area contributed by atoms with Crippen molar-refractivity contribution in [3.05, 3.63) is 36.4 Å². The molecule has 9 heteroatoms. The summed E-state index contributed by atoms with van der Waals surface area (Å²) in [4.78, 5) is 17.1. The van der Waals surface area contributed by atoms with Gasteiger partial charge in [-0.1, -0.05) is 0 Å². The van der Waals surface area contributed by atoms with Crippen LogP contribution >= 0.6 is 0 Å². The van der Waals surface area contributed by atoms with E-state index >= 15 is 0 Å². The molecule has 0 bridgehead atoms. The number of rotatable bonds is 4. The zero-order valence-electron chi connectivity index (χ0n) is 16.8. The zero-order chi connectivity index (χ0) is 20.0. The Bertz CT molecular complexity index is 1000. The van der Waals surface area contributed by atoms with Crippen LogP contribution in [-0.2, 0) is 4.79 Å². The summed E-state index contributed by atoms with van der Waals surface area (Å²) in [6, 6.07) is 6.02. The van der Waals surface area contributed by atoms with Gasteiger partial charge in [0.05, 0.1) is 6.04 Å². The predicted molar refractivity (Wildman–Crippen MR) is 107 cm³/mol. The van der Waals surface area contributed by atoms with Gasteiger partial charge in [-0.05, 0) is 64.4 Å². The highest BCUT2D eigenvalue weighted by Gasteiger charge is 2.38. The smallest absolute Gasteiger partial charge is 0.240 e. The molecule has 0 spiro atoms.